The summed E-state index contributed by atoms with van der Waals surface area (Å²) in [6.45, 7) is 0. The van der Waals surface area contributed by atoms with Gasteiger partial charge in [-0.05, 0) is 29.8 Å². The zero-order valence-corrected chi connectivity index (χ0v) is 13.2. The van der Waals surface area contributed by atoms with Crippen molar-refractivity contribution in [3.8, 4) is 17.4 Å². The van der Waals surface area contributed by atoms with Crippen molar-refractivity contribution in [3.05, 3.63) is 54.2 Å². The number of nitrogens with one attached hydrogen (secondary N) is 1. The van der Waals surface area contributed by atoms with Crippen LogP contribution in [0.4, 0.5) is 0 Å². The van der Waals surface area contributed by atoms with Crippen molar-refractivity contribution in [2.45, 2.75) is 6.10 Å². The highest BCUT2D eigenvalue weighted by atomic mass is 16.5. The van der Waals surface area contributed by atoms with Gasteiger partial charge in [0.2, 0.25) is 5.88 Å². The van der Waals surface area contributed by atoms with Crippen LogP contribution < -0.4 is 15.0 Å². The number of aromatic nitrogens is 2. The first-order chi connectivity index (χ1) is 12.1. The molecule has 3 rings (SSSR count). The van der Waals surface area contributed by atoms with E-state index in [1.54, 1.807) is 36.5 Å². The van der Waals surface area contributed by atoms with Gasteiger partial charge in [0.15, 0.2) is 11.8 Å². The molecule has 128 valence electrons. The monoisotopic (exact) mass is 341 g/mol. The maximum absolute atomic E-state index is 11.2. The summed E-state index contributed by atoms with van der Waals surface area (Å²) >= 11 is 0. The number of carbonyl (C=O) groups is 1. The second-order valence-electron chi connectivity index (χ2n) is 5.08. The number of hydrogen-bond donors (Lipinski definition) is 3. The number of rotatable bonds is 5. The molecule has 0 aliphatic rings. The standard InChI is InChI=1S/C17H15N3O5/c1-24-14-7-6-12-13(8-9-18-16(12)19-14)25-11-4-2-10(3-5-11)15(21)17(22)20-23/h2-9,15,21,23H,1H3,(H,20,22). The molecule has 0 spiro atoms. The van der Waals surface area contributed by atoms with Crippen molar-refractivity contribution in [2.75, 3.05) is 7.11 Å². The molecular weight excluding hydrogens is 326 g/mol. The van der Waals surface area contributed by atoms with Crippen LogP contribution in [-0.2, 0) is 4.79 Å². The molecule has 1 aromatic carbocycles. The van der Waals surface area contributed by atoms with Gasteiger partial charge in [-0.25, -0.2) is 10.5 Å². The van der Waals surface area contributed by atoms with Crippen molar-refractivity contribution in [1.29, 1.82) is 0 Å². The topological polar surface area (TPSA) is 114 Å². The Morgan fingerprint density at radius 2 is 1.92 bits per heavy atom. The Morgan fingerprint density at radius 3 is 2.60 bits per heavy atom. The first-order valence-corrected chi connectivity index (χ1v) is 7.32. The predicted octanol–water partition coefficient (Wildman–Crippen LogP) is 1.97. The van der Waals surface area contributed by atoms with Crippen LogP contribution in [0.5, 0.6) is 17.4 Å². The summed E-state index contributed by atoms with van der Waals surface area (Å²) < 4.78 is 10.9. The van der Waals surface area contributed by atoms with Gasteiger partial charge in [0.1, 0.15) is 11.5 Å². The molecule has 1 amide bonds. The largest absolute Gasteiger partial charge is 0.481 e. The van der Waals surface area contributed by atoms with Gasteiger partial charge in [0, 0.05) is 12.3 Å². The summed E-state index contributed by atoms with van der Waals surface area (Å²) in [5.41, 5.74) is 2.22. The Bertz CT molecular complexity index is 898. The molecule has 0 saturated heterocycles. The fourth-order valence-electron chi connectivity index (χ4n) is 2.25. The van der Waals surface area contributed by atoms with Gasteiger partial charge in [-0.15, -0.1) is 0 Å². The molecule has 1 unspecified atom stereocenters. The van der Waals surface area contributed by atoms with Crippen molar-refractivity contribution in [2.24, 2.45) is 0 Å². The molecule has 25 heavy (non-hydrogen) atoms. The number of amides is 1. The summed E-state index contributed by atoms with van der Waals surface area (Å²) in [6.07, 6.45) is 0.117. The SMILES string of the molecule is COc1ccc2c(Oc3ccc(C(O)C(=O)NO)cc3)ccnc2n1. The zero-order valence-electron chi connectivity index (χ0n) is 13.2. The van der Waals surface area contributed by atoms with Crippen molar-refractivity contribution in [1.82, 2.24) is 15.4 Å². The van der Waals surface area contributed by atoms with Crippen LogP contribution in [0.1, 0.15) is 11.7 Å². The number of hydroxylamine groups is 1. The molecule has 3 aromatic rings. The van der Waals surface area contributed by atoms with E-state index in [0.717, 1.165) is 0 Å². The van der Waals surface area contributed by atoms with E-state index in [2.05, 4.69) is 9.97 Å². The highest BCUT2D eigenvalue weighted by molar-refractivity contribution is 5.82. The van der Waals surface area contributed by atoms with Crippen LogP contribution in [0.25, 0.3) is 11.0 Å². The van der Waals surface area contributed by atoms with E-state index < -0.39 is 12.0 Å². The summed E-state index contributed by atoms with van der Waals surface area (Å²) in [7, 11) is 1.53. The molecule has 0 fully saturated rings. The molecule has 3 N–H and O–H groups in total. The number of hydrogen-bond acceptors (Lipinski definition) is 7. The molecule has 8 heteroatoms. The minimum absolute atomic E-state index is 0.324. The van der Waals surface area contributed by atoms with Crippen LogP contribution >= 0.6 is 0 Å². The number of aliphatic hydroxyl groups is 1. The summed E-state index contributed by atoms with van der Waals surface area (Å²) in [5.74, 6) is 0.608. The molecule has 2 aromatic heterocycles. The van der Waals surface area contributed by atoms with Gasteiger partial charge >= 0.3 is 0 Å². The lowest BCUT2D eigenvalue weighted by Gasteiger charge is -2.11. The molecule has 0 aliphatic carbocycles. The molecule has 0 bridgehead atoms. The van der Waals surface area contributed by atoms with Crippen molar-refractivity contribution < 1.29 is 24.6 Å². The van der Waals surface area contributed by atoms with Gasteiger partial charge in [-0.1, -0.05) is 12.1 Å². The molecule has 1 atom stereocenters. The second-order valence-corrected chi connectivity index (χ2v) is 5.08. The van der Waals surface area contributed by atoms with E-state index in [4.69, 9.17) is 14.7 Å². The minimum atomic E-state index is -1.46. The number of pyridine rings is 2. The number of fused-ring (bicyclic) bond motifs is 1. The number of aliphatic hydroxyl groups excluding tert-OH is 1. The van der Waals surface area contributed by atoms with E-state index in [1.807, 2.05) is 0 Å². The highest BCUT2D eigenvalue weighted by Crippen LogP contribution is 2.29. The second kappa shape index (κ2) is 7.12. The van der Waals surface area contributed by atoms with Gasteiger partial charge < -0.3 is 14.6 Å². The summed E-state index contributed by atoms with van der Waals surface area (Å²) in [6, 6.07) is 11.5. The van der Waals surface area contributed by atoms with Gasteiger partial charge in [-0.2, -0.15) is 4.98 Å². The maximum Gasteiger partial charge on any atom is 0.276 e. The third-order valence-electron chi connectivity index (χ3n) is 3.53. The van der Waals surface area contributed by atoms with E-state index in [0.29, 0.717) is 34.0 Å². The zero-order chi connectivity index (χ0) is 17.8. The van der Waals surface area contributed by atoms with E-state index in [-0.39, 0.29) is 0 Å². The molecule has 8 nitrogen and oxygen atoms in total. The molecule has 2 heterocycles. The van der Waals surface area contributed by atoms with Crippen LogP contribution in [0, 0.1) is 0 Å². The lowest BCUT2D eigenvalue weighted by molar-refractivity contribution is -0.138. The Balaban J connectivity index is 1.85. The first kappa shape index (κ1) is 16.6. The number of ether oxygens (including phenoxy) is 2. The molecule has 0 aliphatic heterocycles. The molecule has 0 radical (unpaired) electrons. The average Bonchev–Trinajstić information content (AvgIpc) is 2.67. The normalized spacial score (nSPS) is 11.8. The van der Waals surface area contributed by atoms with Crippen LogP contribution in [0.15, 0.2) is 48.7 Å². The number of benzene rings is 1. The van der Waals surface area contributed by atoms with Gasteiger partial charge in [-0.3, -0.25) is 10.0 Å². The number of carbonyl (C=O) groups excluding carboxylic acids is 1. The fraction of sp³-hybridized carbons (Fsp3) is 0.118. The summed E-state index contributed by atoms with van der Waals surface area (Å²) in [5, 5.41) is 19.0. The number of methoxy groups -OCH3 is 1. The van der Waals surface area contributed by atoms with Crippen molar-refractivity contribution in [3.63, 3.8) is 0 Å². The predicted molar refractivity (Wildman–Crippen MR) is 87.5 cm³/mol. The average molecular weight is 341 g/mol. The fourth-order valence-corrected chi connectivity index (χ4v) is 2.25. The van der Waals surface area contributed by atoms with Gasteiger partial charge in [0.25, 0.3) is 5.91 Å². The number of nitrogens with zero attached hydrogens (tertiary/aromatic N) is 2. The smallest absolute Gasteiger partial charge is 0.276 e. The van der Waals surface area contributed by atoms with E-state index in [9.17, 15) is 9.90 Å². The third kappa shape index (κ3) is 3.49. The highest BCUT2D eigenvalue weighted by Gasteiger charge is 2.16. The minimum Gasteiger partial charge on any atom is -0.481 e. The van der Waals surface area contributed by atoms with Crippen LogP contribution in [0.2, 0.25) is 0 Å². The Labute approximate surface area is 142 Å². The molecular formula is C17H15N3O5. The van der Waals surface area contributed by atoms with Crippen LogP contribution in [0.3, 0.4) is 0 Å². The Hall–Kier alpha value is -3.23. The van der Waals surface area contributed by atoms with Crippen molar-refractivity contribution >= 4 is 16.9 Å². The van der Waals surface area contributed by atoms with Crippen LogP contribution in [-0.4, -0.2) is 33.3 Å². The van der Waals surface area contributed by atoms with Gasteiger partial charge in [0.05, 0.1) is 12.5 Å². The lowest BCUT2D eigenvalue weighted by atomic mass is 10.1. The lowest BCUT2D eigenvalue weighted by Crippen LogP contribution is -2.25. The third-order valence-corrected chi connectivity index (χ3v) is 3.53. The van der Waals surface area contributed by atoms with E-state index >= 15 is 0 Å². The first-order valence-electron chi connectivity index (χ1n) is 7.32. The Morgan fingerprint density at radius 1 is 1.16 bits per heavy atom. The maximum atomic E-state index is 11.2. The molecule has 0 saturated carbocycles. The quantitative estimate of drug-likeness (QED) is 0.480. The summed E-state index contributed by atoms with van der Waals surface area (Å²) in [4.78, 5) is 19.7. The van der Waals surface area contributed by atoms with E-state index in [1.165, 1.54) is 24.7 Å². The Kier molecular flexibility index (Phi) is 4.73.